The number of halogens is 1. The quantitative estimate of drug-likeness (QED) is 0.583. The molecule has 0 saturated carbocycles. The zero-order chi connectivity index (χ0) is 19.1. The van der Waals surface area contributed by atoms with E-state index in [0.717, 1.165) is 5.56 Å². The average molecular weight is 374 g/mol. The molecule has 0 heterocycles. The maximum absolute atomic E-state index is 12.2. The van der Waals surface area contributed by atoms with Gasteiger partial charge in [-0.25, -0.2) is 0 Å². The number of ketones is 1. The van der Waals surface area contributed by atoms with Crippen LogP contribution in [-0.2, 0) is 14.3 Å². The van der Waals surface area contributed by atoms with Crippen molar-refractivity contribution in [3.63, 3.8) is 0 Å². The van der Waals surface area contributed by atoms with Crippen molar-refractivity contribution >= 4 is 34.9 Å². The molecule has 1 N–H and O–H groups in total. The smallest absolute Gasteiger partial charge is 0.307 e. The molecule has 0 radical (unpaired) electrons. The molecule has 2 aromatic carbocycles. The molecule has 0 aromatic heterocycles. The zero-order valence-corrected chi connectivity index (χ0v) is 15.4. The van der Waals surface area contributed by atoms with Crippen LogP contribution in [0.3, 0.4) is 0 Å². The number of nitrogens with one attached hydrogen (secondary N) is 1. The molecule has 136 valence electrons. The number of rotatable bonds is 7. The van der Waals surface area contributed by atoms with E-state index in [-0.39, 0.29) is 18.6 Å². The van der Waals surface area contributed by atoms with Crippen LogP contribution in [0.1, 0.15) is 35.7 Å². The fraction of sp³-hybridized carbons (Fsp3) is 0.250. The first-order chi connectivity index (χ1) is 12.4. The highest BCUT2D eigenvalue weighted by molar-refractivity contribution is 6.31. The molecule has 1 atom stereocenters. The van der Waals surface area contributed by atoms with Crippen LogP contribution in [0.15, 0.2) is 48.5 Å². The summed E-state index contributed by atoms with van der Waals surface area (Å²) in [6.07, 6.45) is -1.03. The molecule has 26 heavy (non-hydrogen) atoms. The van der Waals surface area contributed by atoms with E-state index < -0.39 is 18.0 Å². The van der Waals surface area contributed by atoms with Gasteiger partial charge in [-0.1, -0.05) is 48.0 Å². The van der Waals surface area contributed by atoms with E-state index in [1.807, 2.05) is 6.07 Å². The predicted molar refractivity (Wildman–Crippen MR) is 100 cm³/mol. The molecular weight excluding hydrogens is 354 g/mol. The van der Waals surface area contributed by atoms with Crippen molar-refractivity contribution in [1.82, 2.24) is 0 Å². The second kappa shape index (κ2) is 9.15. The van der Waals surface area contributed by atoms with Crippen LogP contribution in [0.25, 0.3) is 0 Å². The molecule has 0 fully saturated rings. The molecule has 0 saturated heterocycles. The van der Waals surface area contributed by atoms with E-state index >= 15 is 0 Å². The Morgan fingerprint density at radius 2 is 1.73 bits per heavy atom. The summed E-state index contributed by atoms with van der Waals surface area (Å²) in [6.45, 7) is 3.26. The van der Waals surface area contributed by atoms with Gasteiger partial charge in [0.2, 0.25) is 0 Å². The molecule has 0 bridgehead atoms. The van der Waals surface area contributed by atoms with Gasteiger partial charge in [0.15, 0.2) is 11.9 Å². The third-order valence-electron chi connectivity index (χ3n) is 3.85. The Hall–Kier alpha value is -2.66. The Kier molecular flexibility index (Phi) is 6.92. The SMILES string of the molecule is Cc1c(Cl)cccc1NC(=O)[C@@H](C)OC(=O)CCC(=O)c1ccccc1. The summed E-state index contributed by atoms with van der Waals surface area (Å²) >= 11 is 6.01. The summed E-state index contributed by atoms with van der Waals surface area (Å²) in [5.74, 6) is -1.20. The van der Waals surface area contributed by atoms with Crippen molar-refractivity contribution in [2.75, 3.05) is 5.32 Å². The molecule has 2 rings (SSSR count). The van der Waals surface area contributed by atoms with Crippen molar-refractivity contribution in [3.8, 4) is 0 Å². The molecule has 5 nitrogen and oxygen atoms in total. The van der Waals surface area contributed by atoms with Crippen LogP contribution in [0.4, 0.5) is 5.69 Å². The summed E-state index contributed by atoms with van der Waals surface area (Å²) in [5, 5.41) is 3.21. The van der Waals surface area contributed by atoms with Gasteiger partial charge in [-0.15, -0.1) is 0 Å². The van der Waals surface area contributed by atoms with E-state index in [2.05, 4.69) is 5.32 Å². The monoisotopic (exact) mass is 373 g/mol. The normalized spacial score (nSPS) is 11.5. The number of hydrogen-bond donors (Lipinski definition) is 1. The minimum Gasteiger partial charge on any atom is -0.453 e. The molecule has 0 unspecified atom stereocenters. The Morgan fingerprint density at radius 1 is 1.04 bits per heavy atom. The van der Waals surface area contributed by atoms with Gasteiger partial charge in [-0.3, -0.25) is 14.4 Å². The maximum atomic E-state index is 12.2. The number of carbonyl (C=O) groups is 3. The van der Waals surface area contributed by atoms with Gasteiger partial charge in [-0.05, 0) is 31.5 Å². The van der Waals surface area contributed by atoms with E-state index in [1.54, 1.807) is 49.4 Å². The first-order valence-corrected chi connectivity index (χ1v) is 8.60. The summed E-state index contributed by atoms with van der Waals surface area (Å²) in [7, 11) is 0. The van der Waals surface area contributed by atoms with Crippen LogP contribution in [0.5, 0.6) is 0 Å². The number of benzene rings is 2. The topological polar surface area (TPSA) is 72.5 Å². The number of hydrogen-bond acceptors (Lipinski definition) is 4. The Morgan fingerprint density at radius 3 is 2.42 bits per heavy atom. The van der Waals surface area contributed by atoms with Gasteiger partial charge in [0.05, 0.1) is 6.42 Å². The number of carbonyl (C=O) groups excluding carboxylic acids is 3. The average Bonchev–Trinajstić information content (AvgIpc) is 2.64. The Balaban J connectivity index is 1.83. The van der Waals surface area contributed by atoms with Crippen molar-refractivity contribution in [2.45, 2.75) is 32.8 Å². The summed E-state index contributed by atoms with van der Waals surface area (Å²) in [6, 6.07) is 13.9. The lowest BCUT2D eigenvalue weighted by molar-refractivity contribution is -0.153. The van der Waals surface area contributed by atoms with Crippen molar-refractivity contribution < 1.29 is 19.1 Å². The molecule has 0 aliphatic rings. The van der Waals surface area contributed by atoms with E-state index in [1.165, 1.54) is 6.92 Å². The third-order valence-corrected chi connectivity index (χ3v) is 4.26. The molecule has 1 amide bonds. The maximum Gasteiger partial charge on any atom is 0.307 e. The lowest BCUT2D eigenvalue weighted by Gasteiger charge is -2.15. The summed E-state index contributed by atoms with van der Waals surface area (Å²) in [5.41, 5.74) is 1.83. The largest absolute Gasteiger partial charge is 0.453 e. The molecule has 0 aliphatic heterocycles. The van der Waals surface area contributed by atoms with Crippen LogP contribution in [0, 0.1) is 6.92 Å². The third kappa shape index (κ3) is 5.43. The number of anilines is 1. The number of Topliss-reactive ketones (excluding diaryl/α,β-unsaturated/α-hetero) is 1. The predicted octanol–water partition coefficient (Wildman–Crippen LogP) is 4.18. The van der Waals surface area contributed by atoms with Gasteiger partial charge in [0.1, 0.15) is 0 Å². The van der Waals surface area contributed by atoms with E-state index in [4.69, 9.17) is 16.3 Å². The number of esters is 1. The standard InChI is InChI=1S/C20H20ClNO4/c1-13-16(21)9-6-10-17(13)22-20(25)14(2)26-19(24)12-11-18(23)15-7-4-3-5-8-15/h3-10,14H,11-12H2,1-2H3,(H,22,25)/t14-/m1/s1. The molecule has 6 heteroatoms. The van der Waals surface area contributed by atoms with Crippen molar-refractivity contribution in [2.24, 2.45) is 0 Å². The van der Waals surface area contributed by atoms with E-state index in [9.17, 15) is 14.4 Å². The zero-order valence-electron chi connectivity index (χ0n) is 14.6. The second-order valence-corrected chi connectivity index (χ2v) is 6.23. The van der Waals surface area contributed by atoms with Gasteiger partial charge in [-0.2, -0.15) is 0 Å². The summed E-state index contributed by atoms with van der Waals surface area (Å²) in [4.78, 5) is 36.0. The first kappa shape index (κ1) is 19.7. The lowest BCUT2D eigenvalue weighted by atomic mass is 10.1. The number of amides is 1. The lowest BCUT2D eigenvalue weighted by Crippen LogP contribution is -2.30. The van der Waals surface area contributed by atoms with Crippen molar-refractivity contribution in [1.29, 1.82) is 0 Å². The molecule has 0 spiro atoms. The van der Waals surface area contributed by atoms with Gasteiger partial charge in [0.25, 0.3) is 5.91 Å². The molecular formula is C20H20ClNO4. The minimum absolute atomic E-state index is 0.0323. The Labute approximate surface area is 157 Å². The minimum atomic E-state index is -0.979. The molecule has 2 aromatic rings. The number of ether oxygens (including phenoxy) is 1. The van der Waals surface area contributed by atoms with Gasteiger partial charge < -0.3 is 10.1 Å². The van der Waals surface area contributed by atoms with Gasteiger partial charge >= 0.3 is 5.97 Å². The van der Waals surface area contributed by atoms with Crippen LogP contribution in [-0.4, -0.2) is 23.8 Å². The Bertz CT molecular complexity index is 805. The van der Waals surface area contributed by atoms with E-state index in [0.29, 0.717) is 16.3 Å². The van der Waals surface area contributed by atoms with Crippen molar-refractivity contribution in [3.05, 3.63) is 64.7 Å². The van der Waals surface area contributed by atoms with Crippen LogP contribution in [0.2, 0.25) is 5.02 Å². The molecule has 0 aliphatic carbocycles. The highest BCUT2D eigenvalue weighted by atomic mass is 35.5. The highest BCUT2D eigenvalue weighted by Crippen LogP contribution is 2.23. The fourth-order valence-corrected chi connectivity index (χ4v) is 2.45. The van der Waals surface area contributed by atoms with Crippen LogP contribution >= 0.6 is 11.6 Å². The van der Waals surface area contributed by atoms with Gasteiger partial charge in [0, 0.05) is 22.7 Å². The second-order valence-electron chi connectivity index (χ2n) is 5.82. The van der Waals surface area contributed by atoms with Crippen LogP contribution < -0.4 is 5.32 Å². The fourth-order valence-electron chi connectivity index (χ4n) is 2.27. The highest BCUT2D eigenvalue weighted by Gasteiger charge is 2.19. The first-order valence-electron chi connectivity index (χ1n) is 8.22. The summed E-state index contributed by atoms with van der Waals surface area (Å²) < 4.78 is 5.10.